The molecule has 1 aliphatic heterocycles. The molecule has 1 heterocycles. The van der Waals surface area contributed by atoms with Crippen LogP contribution in [0.1, 0.15) is 24.2 Å². The van der Waals surface area contributed by atoms with E-state index in [1.165, 1.54) is 6.92 Å². The van der Waals surface area contributed by atoms with Gasteiger partial charge in [0.25, 0.3) is 0 Å². The molecule has 3 nitrogen and oxygen atoms in total. The number of carbonyl (C=O) groups is 1. The Morgan fingerprint density at radius 1 is 1.57 bits per heavy atom. The summed E-state index contributed by atoms with van der Waals surface area (Å²) in [6.07, 6.45) is 0.210. The van der Waals surface area contributed by atoms with Gasteiger partial charge in [-0.15, -0.1) is 0 Å². The fraction of sp³-hybridized carbons (Fsp3) is 0.364. The predicted octanol–water partition coefficient (Wildman–Crippen LogP) is 1.82. The highest BCUT2D eigenvalue weighted by Gasteiger charge is 2.26. The largest absolute Gasteiger partial charge is 0.461 e. The topological polar surface area (TPSA) is 38.8 Å². The summed E-state index contributed by atoms with van der Waals surface area (Å²) in [6, 6.07) is 7.87. The zero-order chi connectivity index (χ0) is 9.97. The second kappa shape index (κ2) is 3.80. The van der Waals surface area contributed by atoms with E-state index in [2.05, 4.69) is 0 Å². The van der Waals surface area contributed by atoms with Crippen molar-refractivity contribution in [3.63, 3.8) is 0 Å². The van der Waals surface area contributed by atoms with Crippen molar-refractivity contribution in [2.45, 2.75) is 19.6 Å². The first-order valence-electron chi connectivity index (χ1n) is 4.60. The number of rotatable bonds is 3. The minimum Gasteiger partial charge on any atom is -0.461 e. The van der Waals surface area contributed by atoms with E-state index >= 15 is 0 Å². The zero-order valence-electron chi connectivity index (χ0n) is 8.03. The molecular weight excluding hydrogens is 180 g/mol. The molecule has 3 heteroatoms. The van der Waals surface area contributed by atoms with Crippen LogP contribution in [0.15, 0.2) is 24.3 Å². The van der Waals surface area contributed by atoms with Crippen molar-refractivity contribution in [2.75, 3.05) is 6.61 Å². The van der Waals surface area contributed by atoms with Crippen LogP contribution in [0.4, 0.5) is 0 Å². The fourth-order valence-corrected chi connectivity index (χ4v) is 1.39. The van der Waals surface area contributed by atoms with Gasteiger partial charge in [-0.05, 0) is 11.1 Å². The molecule has 74 valence electrons. The van der Waals surface area contributed by atoms with Gasteiger partial charge in [0.15, 0.2) is 0 Å². The summed E-state index contributed by atoms with van der Waals surface area (Å²) in [6.45, 7) is 2.53. The predicted molar refractivity (Wildman–Crippen MR) is 50.6 cm³/mol. The number of hydrogen-bond acceptors (Lipinski definition) is 3. The maximum Gasteiger partial charge on any atom is 0.302 e. The van der Waals surface area contributed by atoms with Crippen molar-refractivity contribution in [3.05, 3.63) is 35.4 Å². The van der Waals surface area contributed by atoms with E-state index in [-0.39, 0.29) is 12.1 Å². The van der Waals surface area contributed by atoms with Crippen molar-refractivity contribution in [2.24, 2.45) is 0 Å². The molecule has 1 atom stereocenters. The average Bonchev–Trinajstić information content (AvgIpc) is 2.98. The van der Waals surface area contributed by atoms with Crippen molar-refractivity contribution >= 4 is 5.97 Å². The van der Waals surface area contributed by atoms with Crippen LogP contribution in [0.2, 0.25) is 0 Å². The van der Waals surface area contributed by atoms with Gasteiger partial charge in [0.05, 0.1) is 6.61 Å². The number of ether oxygens (including phenoxy) is 2. The van der Waals surface area contributed by atoms with Gasteiger partial charge >= 0.3 is 5.97 Å². The van der Waals surface area contributed by atoms with Crippen LogP contribution in [0, 0.1) is 0 Å². The lowest BCUT2D eigenvalue weighted by Crippen LogP contribution is -2.01. The molecule has 0 bridgehead atoms. The Morgan fingerprint density at radius 2 is 2.29 bits per heavy atom. The summed E-state index contributed by atoms with van der Waals surface area (Å²) in [7, 11) is 0. The molecule has 1 aliphatic rings. The number of benzene rings is 1. The van der Waals surface area contributed by atoms with Gasteiger partial charge in [0.1, 0.15) is 12.7 Å². The van der Waals surface area contributed by atoms with Crippen molar-refractivity contribution in [3.8, 4) is 0 Å². The van der Waals surface area contributed by atoms with E-state index < -0.39 is 0 Å². The highest BCUT2D eigenvalue weighted by atomic mass is 16.6. The average molecular weight is 192 g/mol. The second-order valence-electron chi connectivity index (χ2n) is 3.30. The third-order valence-corrected chi connectivity index (χ3v) is 2.17. The molecule has 0 radical (unpaired) electrons. The number of epoxide rings is 1. The van der Waals surface area contributed by atoms with Crippen LogP contribution in [-0.2, 0) is 20.9 Å². The molecule has 0 saturated carbocycles. The molecule has 0 N–H and O–H groups in total. The third kappa shape index (κ3) is 2.12. The lowest BCUT2D eigenvalue weighted by atomic mass is 10.1. The van der Waals surface area contributed by atoms with E-state index in [9.17, 15) is 4.79 Å². The molecule has 0 amide bonds. The number of carbonyl (C=O) groups excluding carboxylic acids is 1. The minimum atomic E-state index is -0.253. The minimum absolute atomic E-state index is 0.210. The first-order chi connectivity index (χ1) is 6.77. The van der Waals surface area contributed by atoms with Crippen LogP contribution in [0.25, 0.3) is 0 Å². The third-order valence-electron chi connectivity index (χ3n) is 2.17. The van der Waals surface area contributed by atoms with Gasteiger partial charge in [-0.3, -0.25) is 4.79 Å². The maximum atomic E-state index is 10.7. The fourth-order valence-electron chi connectivity index (χ4n) is 1.39. The standard InChI is InChI=1S/C11H12O3/c1-8(12)13-6-9-4-2-3-5-10(9)11-7-14-11/h2-5,11H,6-7H2,1H3. The Morgan fingerprint density at radius 3 is 2.93 bits per heavy atom. The quantitative estimate of drug-likeness (QED) is 0.541. The lowest BCUT2D eigenvalue weighted by molar-refractivity contribution is -0.142. The van der Waals surface area contributed by atoms with Crippen LogP contribution in [-0.4, -0.2) is 12.6 Å². The van der Waals surface area contributed by atoms with Gasteiger partial charge in [-0.1, -0.05) is 24.3 Å². The normalized spacial score (nSPS) is 19.1. The summed E-state index contributed by atoms with van der Waals surface area (Å²) in [4.78, 5) is 10.7. The van der Waals surface area contributed by atoms with Gasteiger partial charge in [-0.2, -0.15) is 0 Å². The van der Waals surface area contributed by atoms with Crippen LogP contribution < -0.4 is 0 Å². The lowest BCUT2D eigenvalue weighted by Gasteiger charge is -2.06. The van der Waals surface area contributed by atoms with Crippen LogP contribution >= 0.6 is 0 Å². The maximum absolute atomic E-state index is 10.7. The van der Waals surface area contributed by atoms with Gasteiger partial charge in [0, 0.05) is 6.92 Å². The van der Waals surface area contributed by atoms with Crippen molar-refractivity contribution < 1.29 is 14.3 Å². The Kier molecular flexibility index (Phi) is 2.50. The summed E-state index contributed by atoms with van der Waals surface area (Å²) < 4.78 is 10.2. The Bertz CT molecular complexity index is 342. The summed E-state index contributed by atoms with van der Waals surface area (Å²) in [5.41, 5.74) is 2.17. The molecule has 1 fully saturated rings. The zero-order valence-corrected chi connectivity index (χ0v) is 8.03. The van der Waals surface area contributed by atoms with Gasteiger partial charge < -0.3 is 9.47 Å². The molecule has 1 aromatic carbocycles. The van der Waals surface area contributed by atoms with Crippen molar-refractivity contribution in [1.82, 2.24) is 0 Å². The molecule has 1 saturated heterocycles. The Hall–Kier alpha value is -1.35. The van der Waals surface area contributed by atoms with E-state index in [1.807, 2.05) is 24.3 Å². The first-order valence-corrected chi connectivity index (χ1v) is 4.60. The van der Waals surface area contributed by atoms with E-state index in [0.29, 0.717) is 6.61 Å². The smallest absolute Gasteiger partial charge is 0.302 e. The van der Waals surface area contributed by atoms with Gasteiger partial charge in [-0.25, -0.2) is 0 Å². The van der Waals surface area contributed by atoms with E-state index in [1.54, 1.807) is 0 Å². The second-order valence-corrected chi connectivity index (χ2v) is 3.30. The molecule has 1 unspecified atom stereocenters. The highest BCUT2D eigenvalue weighted by molar-refractivity contribution is 5.66. The molecular formula is C11H12O3. The molecule has 2 rings (SSSR count). The molecule has 14 heavy (non-hydrogen) atoms. The van der Waals surface area contributed by atoms with E-state index in [4.69, 9.17) is 9.47 Å². The molecule has 0 aromatic heterocycles. The highest BCUT2D eigenvalue weighted by Crippen LogP contribution is 2.32. The first kappa shape index (κ1) is 9.21. The van der Waals surface area contributed by atoms with E-state index in [0.717, 1.165) is 17.7 Å². The summed E-state index contributed by atoms with van der Waals surface area (Å²) in [5, 5.41) is 0. The van der Waals surface area contributed by atoms with Crippen LogP contribution in [0.5, 0.6) is 0 Å². The molecule has 0 aliphatic carbocycles. The molecule has 1 aromatic rings. The number of hydrogen-bond donors (Lipinski definition) is 0. The molecule has 0 spiro atoms. The summed E-state index contributed by atoms with van der Waals surface area (Å²) >= 11 is 0. The van der Waals surface area contributed by atoms with Crippen molar-refractivity contribution in [1.29, 1.82) is 0 Å². The van der Waals surface area contributed by atoms with Crippen LogP contribution in [0.3, 0.4) is 0 Å². The number of esters is 1. The Labute approximate surface area is 82.6 Å². The monoisotopic (exact) mass is 192 g/mol. The van der Waals surface area contributed by atoms with Gasteiger partial charge in [0.2, 0.25) is 0 Å². The summed E-state index contributed by atoms with van der Waals surface area (Å²) in [5.74, 6) is -0.253. The SMILES string of the molecule is CC(=O)OCc1ccccc1C1CO1. The Balaban J connectivity index is 2.10.